The van der Waals surface area contributed by atoms with Crippen molar-refractivity contribution in [3.05, 3.63) is 41.9 Å². The van der Waals surface area contributed by atoms with Crippen LogP contribution in [0.3, 0.4) is 0 Å². The van der Waals surface area contributed by atoms with Crippen LogP contribution in [0.25, 0.3) is 0 Å². The van der Waals surface area contributed by atoms with Gasteiger partial charge in [0.05, 0.1) is 11.4 Å². The molecule has 0 saturated carbocycles. The molecule has 0 bridgehead atoms. The lowest BCUT2D eigenvalue weighted by molar-refractivity contribution is -0.117. The van der Waals surface area contributed by atoms with Crippen LogP contribution < -0.4 is 15.1 Å². The smallest absolute Gasteiger partial charge is 0.247 e. The van der Waals surface area contributed by atoms with E-state index in [1.807, 2.05) is 18.3 Å². The summed E-state index contributed by atoms with van der Waals surface area (Å²) in [6, 6.07) is 8.03. The number of pyridine rings is 2. The molecule has 1 unspecified atom stereocenters. The molecule has 0 aromatic carbocycles. The summed E-state index contributed by atoms with van der Waals surface area (Å²) in [6.45, 7) is 5.20. The lowest BCUT2D eigenvalue weighted by Crippen LogP contribution is -2.46. The van der Waals surface area contributed by atoms with Crippen molar-refractivity contribution in [2.45, 2.75) is 25.4 Å². The van der Waals surface area contributed by atoms with Gasteiger partial charge in [-0.3, -0.25) is 9.69 Å². The third-order valence-corrected chi connectivity index (χ3v) is 6.02. The second-order valence-electron chi connectivity index (χ2n) is 7.80. The first-order valence-corrected chi connectivity index (χ1v) is 10.1. The Morgan fingerprint density at radius 1 is 1.21 bits per heavy atom. The lowest BCUT2D eigenvalue weighted by Gasteiger charge is -2.36. The van der Waals surface area contributed by atoms with Crippen LogP contribution in [0.15, 0.2) is 30.6 Å². The highest BCUT2D eigenvalue weighted by Crippen LogP contribution is 2.35. The number of carbonyl (C=O) groups is 1. The van der Waals surface area contributed by atoms with Gasteiger partial charge in [0.2, 0.25) is 5.91 Å². The molecule has 3 aliphatic rings. The molecule has 1 atom stereocenters. The van der Waals surface area contributed by atoms with Crippen molar-refractivity contribution in [1.29, 1.82) is 5.26 Å². The Hall–Kier alpha value is -3.18. The molecule has 5 rings (SSSR count). The molecule has 29 heavy (non-hydrogen) atoms. The zero-order valence-electron chi connectivity index (χ0n) is 16.2. The molecule has 148 valence electrons. The van der Waals surface area contributed by atoms with E-state index in [0.29, 0.717) is 5.69 Å². The van der Waals surface area contributed by atoms with Crippen molar-refractivity contribution in [3.63, 3.8) is 0 Å². The Kier molecular flexibility index (Phi) is 4.52. The number of nitriles is 1. The van der Waals surface area contributed by atoms with Gasteiger partial charge in [-0.1, -0.05) is 0 Å². The first kappa shape index (κ1) is 17.9. The second kappa shape index (κ2) is 7.33. The molecule has 2 saturated heterocycles. The maximum absolute atomic E-state index is 12.3. The zero-order chi connectivity index (χ0) is 19.8. The highest BCUT2D eigenvalue weighted by atomic mass is 16.2. The summed E-state index contributed by atoms with van der Waals surface area (Å²) in [7, 11) is 0. The Bertz CT molecular complexity index is 977. The fourth-order valence-electron chi connectivity index (χ4n) is 4.56. The van der Waals surface area contributed by atoms with Crippen molar-refractivity contribution >= 4 is 23.1 Å². The van der Waals surface area contributed by atoms with Crippen molar-refractivity contribution < 1.29 is 4.79 Å². The Labute approximate surface area is 169 Å². The number of nitrogens with one attached hydrogen (secondary N) is 1. The average molecular weight is 389 g/mol. The van der Waals surface area contributed by atoms with Gasteiger partial charge in [0.25, 0.3) is 0 Å². The minimum atomic E-state index is -0.0558. The van der Waals surface area contributed by atoms with Gasteiger partial charge in [0.15, 0.2) is 11.5 Å². The number of anilines is 3. The van der Waals surface area contributed by atoms with Crippen molar-refractivity contribution in [2.75, 3.05) is 47.8 Å². The van der Waals surface area contributed by atoms with E-state index >= 15 is 0 Å². The van der Waals surface area contributed by atoms with Crippen molar-refractivity contribution in [3.8, 4) is 6.07 Å². The number of hydrogen-bond acceptors (Lipinski definition) is 7. The number of fused-ring (bicyclic) bond motifs is 3. The quantitative estimate of drug-likeness (QED) is 0.853. The van der Waals surface area contributed by atoms with Gasteiger partial charge in [-0.2, -0.15) is 5.26 Å². The highest BCUT2D eigenvalue weighted by Gasteiger charge is 2.37. The molecule has 3 aliphatic heterocycles. The normalized spacial score (nSPS) is 21.3. The van der Waals surface area contributed by atoms with Gasteiger partial charge in [0, 0.05) is 51.7 Å². The Morgan fingerprint density at radius 2 is 2.07 bits per heavy atom. The first-order chi connectivity index (χ1) is 14.2. The molecule has 5 heterocycles. The average Bonchev–Trinajstić information content (AvgIpc) is 3.25. The summed E-state index contributed by atoms with van der Waals surface area (Å²) in [5.74, 6) is 0.994. The van der Waals surface area contributed by atoms with E-state index < -0.39 is 0 Å². The van der Waals surface area contributed by atoms with Crippen molar-refractivity contribution in [2.24, 2.45) is 0 Å². The molecule has 0 radical (unpaired) electrons. The summed E-state index contributed by atoms with van der Waals surface area (Å²) in [6.07, 6.45) is 5.54. The molecule has 0 spiro atoms. The maximum atomic E-state index is 12.3. The topological polar surface area (TPSA) is 88.4 Å². The van der Waals surface area contributed by atoms with E-state index in [1.54, 1.807) is 6.20 Å². The monoisotopic (exact) mass is 389 g/mol. The molecular weight excluding hydrogens is 366 g/mol. The van der Waals surface area contributed by atoms with Crippen LogP contribution in [0.2, 0.25) is 0 Å². The fraction of sp³-hybridized carbons (Fsp3) is 0.429. The van der Waals surface area contributed by atoms with Crippen LogP contribution >= 0.6 is 0 Å². The number of piperazine rings is 1. The standard InChI is InChI=1S/C21H23N7O/c22-12-17-18(3-1-5-23-17)27-9-7-26(8-10-27)14-15-11-16-20(24-13-15)28-6-2-4-19(28)21(29)25-16/h1,3,5,11,13,19H,2,4,6-10,14H2,(H,25,29). The van der Waals surface area contributed by atoms with Gasteiger partial charge in [0.1, 0.15) is 12.1 Å². The molecule has 2 aromatic heterocycles. The largest absolute Gasteiger partial charge is 0.367 e. The summed E-state index contributed by atoms with van der Waals surface area (Å²) >= 11 is 0. The highest BCUT2D eigenvalue weighted by molar-refractivity contribution is 6.03. The summed E-state index contributed by atoms with van der Waals surface area (Å²) in [4.78, 5) is 27.9. The van der Waals surface area contributed by atoms with E-state index in [4.69, 9.17) is 0 Å². The third-order valence-electron chi connectivity index (χ3n) is 6.02. The minimum Gasteiger partial charge on any atom is -0.367 e. The van der Waals surface area contributed by atoms with E-state index in [-0.39, 0.29) is 11.9 Å². The van der Waals surface area contributed by atoms with E-state index in [9.17, 15) is 10.1 Å². The first-order valence-electron chi connectivity index (χ1n) is 10.1. The van der Waals surface area contributed by atoms with Gasteiger partial charge in [-0.05, 0) is 36.6 Å². The van der Waals surface area contributed by atoms with Crippen molar-refractivity contribution in [1.82, 2.24) is 14.9 Å². The molecular formula is C21H23N7O. The Morgan fingerprint density at radius 3 is 2.90 bits per heavy atom. The second-order valence-corrected chi connectivity index (χ2v) is 7.80. The predicted octanol–water partition coefficient (Wildman–Crippen LogP) is 1.59. The van der Waals surface area contributed by atoms with Crippen LogP contribution in [0.1, 0.15) is 24.1 Å². The van der Waals surface area contributed by atoms with Gasteiger partial charge >= 0.3 is 0 Å². The van der Waals surface area contributed by atoms with Gasteiger partial charge in [-0.25, -0.2) is 9.97 Å². The molecule has 8 nitrogen and oxygen atoms in total. The minimum absolute atomic E-state index is 0.0558. The van der Waals surface area contributed by atoms with E-state index in [0.717, 1.165) is 74.9 Å². The molecule has 8 heteroatoms. The van der Waals surface area contributed by atoms with E-state index in [2.05, 4.69) is 42.1 Å². The molecule has 2 fully saturated rings. The number of rotatable bonds is 3. The van der Waals surface area contributed by atoms with Crippen LogP contribution in [0, 0.1) is 11.3 Å². The van der Waals surface area contributed by atoms with Gasteiger partial charge in [-0.15, -0.1) is 0 Å². The number of aromatic nitrogens is 2. The predicted molar refractivity (Wildman–Crippen MR) is 110 cm³/mol. The fourth-order valence-corrected chi connectivity index (χ4v) is 4.56. The van der Waals surface area contributed by atoms with Crippen LogP contribution in [0.4, 0.5) is 17.2 Å². The number of nitrogens with zero attached hydrogens (tertiary/aromatic N) is 6. The lowest BCUT2D eigenvalue weighted by atomic mass is 10.1. The number of hydrogen-bond donors (Lipinski definition) is 1. The summed E-state index contributed by atoms with van der Waals surface area (Å²) in [5, 5.41) is 12.3. The summed E-state index contributed by atoms with van der Waals surface area (Å²) < 4.78 is 0. The summed E-state index contributed by atoms with van der Waals surface area (Å²) in [5.41, 5.74) is 3.33. The SMILES string of the molecule is N#Cc1ncccc1N1CCN(Cc2cnc3c(c2)NC(=O)C2CCCN32)CC1. The molecule has 2 aromatic rings. The van der Waals surface area contributed by atoms with Crippen LogP contribution in [-0.4, -0.2) is 59.5 Å². The maximum Gasteiger partial charge on any atom is 0.247 e. The molecule has 0 aliphatic carbocycles. The third kappa shape index (κ3) is 3.28. The van der Waals surface area contributed by atoms with E-state index in [1.165, 1.54) is 0 Å². The van der Waals surface area contributed by atoms with Gasteiger partial charge < -0.3 is 15.1 Å². The van der Waals surface area contributed by atoms with Crippen LogP contribution in [0.5, 0.6) is 0 Å². The molecule has 1 N–H and O–H groups in total. The Balaban J connectivity index is 1.25. The molecule has 1 amide bonds. The number of amides is 1. The van der Waals surface area contributed by atoms with Crippen LogP contribution in [-0.2, 0) is 11.3 Å². The zero-order valence-corrected chi connectivity index (χ0v) is 16.2. The number of carbonyl (C=O) groups excluding carboxylic acids is 1.